The zero-order valence-electron chi connectivity index (χ0n) is 25.4. The van der Waals surface area contributed by atoms with Gasteiger partial charge in [-0.3, -0.25) is 0 Å². The van der Waals surface area contributed by atoms with Crippen molar-refractivity contribution in [3.8, 4) is 0 Å². The minimum Gasteiger partial charge on any atom is -0.464 e. The zero-order valence-corrected chi connectivity index (χ0v) is 25.4. The third-order valence-electron chi connectivity index (χ3n) is 8.73. The predicted octanol–water partition coefficient (Wildman–Crippen LogP) is 7.29. The largest absolute Gasteiger partial charge is 0.464 e. The first-order valence-electron chi connectivity index (χ1n) is 15.2. The van der Waals surface area contributed by atoms with E-state index in [9.17, 15) is 14.4 Å². The number of rotatable bonds is 8. The third-order valence-corrected chi connectivity index (χ3v) is 8.73. The molecule has 1 unspecified atom stereocenters. The van der Waals surface area contributed by atoms with E-state index in [1.165, 1.54) is 0 Å². The summed E-state index contributed by atoms with van der Waals surface area (Å²) in [6.07, 6.45) is 3.45. The number of carbonyl (C=O) groups is 3. The van der Waals surface area contributed by atoms with Crippen molar-refractivity contribution in [3.05, 3.63) is 35.9 Å². The van der Waals surface area contributed by atoms with Gasteiger partial charge in [0, 0.05) is 0 Å². The molecule has 2 aliphatic carbocycles. The van der Waals surface area contributed by atoms with Crippen molar-refractivity contribution in [1.29, 1.82) is 0 Å². The second kappa shape index (κ2) is 14.7. The van der Waals surface area contributed by atoms with Crippen LogP contribution in [0.25, 0.3) is 0 Å². The van der Waals surface area contributed by atoms with E-state index in [0.29, 0.717) is 29.2 Å². The van der Waals surface area contributed by atoms with Crippen LogP contribution in [0.15, 0.2) is 30.3 Å². The van der Waals surface area contributed by atoms with E-state index in [0.717, 1.165) is 43.5 Å². The van der Waals surface area contributed by atoms with Crippen molar-refractivity contribution in [2.75, 3.05) is 6.61 Å². The molecule has 0 saturated heterocycles. The van der Waals surface area contributed by atoms with Crippen LogP contribution in [0.2, 0.25) is 0 Å². The van der Waals surface area contributed by atoms with Gasteiger partial charge in [0.1, 0.15) is 12.2 Å². The van der Waals surface area contributed by atoms with Crippen LogP contribution >= 0.6 is 0 Å². The molecule has 0 aromatic heterocycles. The maximum atomic E-state index is 13.9. The standard InChI is InChI=1S/C32H50N2O6/c1-8-38-30(35)29(24-12-10-9-11-13-24)34(32(37)40-28-19-23(7)15-17-26(28)21(4)5)33-31(36)39-27-18-22(6)14-16-25(27)20(2)3/h9-13,20-23,25-29H,8,14-19H2,1-7H3,(H,33,36)/t22-,23-,25+,26+,27-,28-,29?/m0/s1. The molecule has 8 heteroatoms. The summed E-state index contributed by atoms with van der Waals surface area (Å²) < 4.78 is 17.4. The molecule has 1 aromatic carbocycles. The molecule has 0 spiro atoms. The van der Waals surface area contributed by atoms with Gasteiger partial charge in [0.25, 0.3) is 0 Å². The highest BCUT2D eigenvalue weighted by atomic mass is 16.6. The number of amides is 2. The molecule has 0 heterocycles. The zero-order chi connectivity index (χ0) is 29.4. The number of benzene rings is 1. The minimum absolute atomic E-state index is 0.126. The van der Waals surface area contributed by atoms with Crippen LogP contribution in [-0.4, -0.2) is 42.0 Å². The number of esters is 1. The van der Waals surface area contributed by atoms with Gasteiger partial charge in [-0.1, -0.05) is 84.7 Å². The number of nitrogens with zero attached hydrogens (tertiary/aromatic N) is 1. The molecule has 3 rings (SSSR count). The summed E-state index contributed by atoms with van der Waals surface area (Å²) in [5.41, 5.74) is 3.12. The van der Waals surface area contributed by atoms with Crippen molar-refractivity contribution in [2.45, 2.75) is 105 Å². The van der Waals surface area contributed by atoms with Crippen molar-refractivity contribution in [2.24, 2.45) is 35.5 Å². The van der Waals surface area contributed by atoms with Crippen LogP contribution in [0.3, 0.4) is 0 Å². The summed E-state index contributed by atoms with van der Waals surface area (Å²) in [6.45, 7) is 14.7. The maximum absolute atomic E-state index is 13.9. The summed E-state index contributed by atoms with van der Waals surface area (Å²) in [5.74, 6) is 1.30. The maximum Gasteiger partial charge on any atom is 0.430 e. The Morgan fingerprint density at radius 2 is 1.38 bits per heavy atom. The minimum atomic E-state index is -1.23. The van der Waals surface area contributed by atoms with Crippen molar-refractivity contribution in [3.63, 3.8) is 0 Å². The van der Waals surface area contributed by atoms with Gasteiger partial charge in [-0.05, 0) is 73.7 Å². The number of hydrazine groups is 1. The molecular weight excluding hydrogens is 508 g/mol. The fourth-order valence-electron chi connectivity index (χ4n) is 6.41. The first-order valence-corrected chi connectivity index (χ1v) is 15.2. The molecule has 0 aliphatic heterocycles. The van der Waals surface area contributed by atoms with Crippen molar-refractivity contribution < 1.29 is 28.6 Å². The summed E-state index contributed by atoms with van der Waals surface area (Å²) in [6, 6.07) is 7.60. The van der Waals surface area contributed by atoms with Crippen molar-refractivity contribution >= 4 is 18.2 Å². The highest BCUT2D eigenvalue weighted by Crippen LogP contribution is 2.37. The van der Waals surface area contributed by atoms with Crippen molar-refractivity contribution in [1.82, 2.24) is 10.4 Å². The topological polar surface area (TPSA) is 94.2 Å². The second-order valence-electron chi connectivity index (χ2n) is 12.6. The summed E-state index contributed by atoms with van der Waals surface area (Å²) in [4.78, 5) is 40.6. The molecule has 2 amide bonds. The number of hydrogen-bond donors (Lipinski definition) is 1. The Bertz CT molecular complexity index is 967. The van der Waals surface area contributed by atoms with E-state index in [-0.39, 0.29) is 30.7 Å². The molecular formula is C32H50N2O6. The summed E-state index contributed by atoms with van der Waals surface area (Å²) in [5, 5.41) is 0.975. The molecule has 0 radical (unpaired) electrons. The fourth-order valence-corrected chi connectivity index (χ4v) is 6.41. The monoisotopic (exact) mass is 558 g/mol. The van der Waals surface area contributed by atoms with Gasteiger partial charge >= 0.3 is 18.2 Å². The molecule has 2 aliphatic rings. The van der Waals surface area contributed by atoms with E-state index in [1.54, 1.807) is 31.2 Å². The lowest BCUT2D eigenvalue weighted by atomic mass is 9.75. The smallest absolute Gasteiger partial charge is 0.430 e. The highest BCUT2D eigenvalue weighted by molar-refractivity contribution is 5.84. The van der Waals surface area contributed by atoms with E-state index < -0.39 is 24.2 Å². The van der Waals surface area contributed by atoms with Crippen LogP contribution < -0.4 is 5.43 Å². The first-order chi connectivity index (χ1) is 19.0. The second-order valence-corrected chi connectivity index (χ2v) is 12.6. The molecule has 224 valence electrons. The Morgan fingerprint density at radius 3 is 1.88 bits per heavy atom. The number of nitrogens with one attached hydrogen (secondary N) is 1. The Labute approximate surface area is 240 Å². The molecule has 1 N–H and O–H groups in total. The van der Waals surface area contributed by atoms with Crippen LogP contribution in [0.5, 0.6) is 0 Å². The predicted molar refractivity (Wildman–Crippen MR) is 154 cm³/mol. The van der Waals surface area contributed by atoms with Crippen LogP contribution in [-0.2, 0) is 19.0 Å². The summed E-state index contributed by atoms with van der Waals surface area (Å²) in [7, 11) is 0. The number of ether oxygens (including phenoxy) is 3. The molecule has 8 nitrogen and oxygen atoms in total. The molecule has 2 saturated carbocycles. The Kier molecular flexibility index (Phi) is 11.7. The van der Waals surface area contributed by atoms with E-state index in [2.05, 4.69) is 47.0 Å². The van der Waals surface area contributed by atoms with Gasteiger partial charge in [0.2, 0.25) is 0 Å². The van der Waals surface area contributed by atoms with E-state index in [4.69, 9.17) is 14.2 Å². The van der Waals surface area contributed by atoms with E-state index in [1.807, 2.05) is 6.07 Å². The Hall–Kier alpha value is -2.77. The highest BCUT2D eigenvalue weighted by Gasteiger charge is 2.41. The average molecular weight is 559 g/mol. The van der Waals surface area contributed by atoms with Gasteiger partial charge in [-0.25, -0.2) is 19.8 Å². The first kappa shape index (κ1) is 31.8. The normalized spacial score (nSPS) is 27.5. The van der Waals surface area contributed by atoms with Crippen LogP contribution in [0.1, 0.15) is 98.6 Å². The summed E-state index contributed by atoms with van der Waals surface area (Å²) >= 11 is 0. The van der Waals surface area contributed by atoms with Gasteiger partial charge < -0.3 is 14.2 Å². The number of carbonyl (C=O) groups excluding carboxylic acids is 3. The van der Waals surface area contributed by atoms with Gasteiger partial charge in [0.05, 0.1) is 6.61 Å². The molecule has 2 fully saturated rings. The van der Waals surface area contributed by atoms with Gasteiger partial charge in [-0.2, -0.15) is 5.01 Å². The average Bonchev–Trinajstić information content (AvgIpc) is 2.88. The third kappa shape index (κ3) is 8.37. The quantitative estimate of drug-likeness (QED) is 0.204. The molecule has 1 aromatic rings. The van der Waals surface area contributed by atoms with Crippen LogP contribution in [0.4, 0.5) is 9.59 Å². The number of hydrogen-bond acceptors (Lipinski definition) is 6. The van der Waals surface area contributed by atoms with E-state index >= 15 is 0 Å². The SMILES string of the molecule is CCOC(=O)C(c1ccccc1)N(NC(=O)O[C@H]1C[C@@H](C)CC[C@@H]1C(C)C)C(=O)O[C@H]1C[C@@H](C)CC[C@@H]1C(C)C. The lowest BCUT2D eigenvalue weighted by Crippen LogP contribution is -2.53. The van der Waals surface area contributed by atoms with Crippen LogP contribution in [0, 0.1) is 35.5 Å². The fraction of sp³-hybridized carbons (Fsp3) is 0.719. The Morgan fingerprint density at radius 1 is 0.850 bits per heavy atom. The Balaban J connectivity index is 1.91. The molecule has 0 bridgehead atoms. The lowest BCUT2D eigenvalue weighted by molar-refractivity contribution is -0.151. The van der Waals surface area contributed by atoms with Gasteiger partial charge in [0.15, 0.2) is 6.04 Å². The molecule has 7 atom stereocenters. The lowest BCUT2D eigenvalue weighted by Gasteiger charge is -2.39. The van der Waals surface area contributed by atoms with Gasteiger partial charge in [-0.15, -0.1) is 0 Å². The molecule has 40 heavy (non-hydrogen) atoms.